The van der Waals surface area contributed by atoms with Crippen LogP contribution in [0.1, 0.15) is 63.0 Å². The van der Waals surface area contributed by atoms with Crippen molar-refractivity contribution < 1.29 is 14.6 Å². The fourth-order valence-electron chi connectivity index (χ4n) is 3.16. The van der Waals surface area contributed by atoms with Crippen molar-refractivity contribution in [2.24, 2.45) is 0 Å². The molecule has 1 aliphatic heterocycles. The van der Waals surface area contributed by atoms with Gasteiger partial charge in [-0.05, 0) is 36.8 Å². The summed E-state index contributed by atoms with van der Waals surface area (Å²) in [5.41, 5.74) is 2.01. The van der Waals surface area contributed by atoms with Gasteiger partial charge in [-0.2, -0.15) is 0 Å². The summed E-state index contributed by atoms with van der Waals surface area (Å²) in [5, 5.41) is 12.3. The lowest BCUT2D eigenvalue weighted by atomic mass is 9.93. The number of aliphatic hydroxyl groups is 1. The van der Waals surface area contributed by atoms with Gasteiger partial charge in [-0.25, -0.2) is 4.79 Å². The lowest BCUT2D eigenvalue weighted by Crippen LogP contribution is -2.47. The second-order valence-electron chi connectivity index (χ2n) is 6.97. The number of carbonyl (C=O) groups excluding carboxylic acids is 1. The molecule has 0 saturated carbocycles. The molecule has 0 radical (unpaired) electrons. The minimum absolute atomic E-state index is 0.0884. The van der Waals surface area contributed by atoms with Crippen molar-refractivity contribution in [1.29, 1.82) is 0 Å². The Morgan fingerprint density at radius 2 is 1.67 bits per heavy atom. The Bertz CT molecular complexity index is 500. The highest BCUT2D eigenvalue weighted by Gasteiger charge is 2.38. The minimum Gasteiger partial charge on any atom is -0.447 e. The molecular formula is C20H31NO3. The van der Waals surface area contributed by atoms with Crippen LogP contribution in [0.2, 0.25) is 0 Å². The van der Waals surface area contributed by atoms with Gasteiger partial charge in [0.2, 0.25) is 0 Å². The topological polar surface area (TPSA) is 58.6 Å². The van der Waals surface area contributed by atoms with E-state index in [-0.39, 0.29) is 13.2 Å². The molecule has 1 aromatic carbocycles. The number of hydrogen-bond donors (Lipinski definition) is 2. The molecule has 0 aromatic heterocycles. The third-order valence-corrected chi connectivity index (χ3v) is 4.88. The van der Waals surface area contributed by atoms with Crippen LogP contribution in [0.3, 0.4) is 0 Å². The van der Waals surface area contributed by atoms with Gasteiger partial charge in [0.1, 0.15) is 12.1 Å². The average molecular weight is 333 g/mol. The van der Waals surface area contributed by atoms with Gasteiger partial charge in [-0.1, -0.05) is 63.3 Å². The molecule has 1 atom stereocenters. The van der Waals surface area contributed by atoms with Crippen LogP contribution < -0.4 is 5.32 Å². The predicted octanol–water partition coefficient (Wildman–Crippen LogP) is 3.99. The van der Waals surface area contributed by atoms with E-state index in [0.29, 0.717) is 6.42 Å². The SMILES string of the molecule is CCCCCCCCc1ccc(CC[C@@]2(CO)COC(=O)N2)cc1. The van der Waals surface area contributed by atoms with Gasteiger partial charge in [0.25, 0.3) is 0 Å². The molecule has 1 aliphatic rings. The zero-order chi connectivity index (χ0) is 17.3. The van der Waals surface area contributed by atoms with Crippen molar-refractivity contribution >= 4 is 6.09 Å². The number of carbonyl (C=O) groups is 1. The molecule has 0 spiro atoms. The van der Waals surface area contributed by atoms with Crippen LogP contribution in [-0.2, 0) is 17.6 Å². The van der Waals surface area contributed by atoms with E-state index >= 15 is 0 Å². The van der Waals surface area contributed by atoms with Crippen molar-refractivity contribution in [3.63, 3.8) is 0 Å². The number of aliphatic hydroxyl groups excluding tert-OH is 1. The maximum atomic E-state index is 11.2. The van der Waals surface area contributed by atoms with Crippen LogP contribution in [-0.4, -0.2) is 30.0 Å². The summed E-state index contributed by atoms with van der Waals surface area (Å²) in [4.78, 5) is 11.2. The summed E-state index contributed by atoms with van der Waals surface area (Å²) in [6.07, 6.45) is 10.2. The fourth-order valence-corrected chi connectivity index (χ4v) is 3.16. The number of ether oxygens (including phenoxy) is 1. The Morgan fingerprint density at radius 1 is 1.04 bits per heavy atom. The quantitative estimate of drug-likeness (QED) is 0.602. The second kappa shape index (κ2) is 9.67. The molecular weight excluding hydrogens is 302 g/mol. The van der Waals surface area contributed by atoms with Gasteiger partial charge in [0.05, 0.1) is 6.61 Å². The van der Waals surface area contributed by atoms with E-state index in [4.69, 9.17) is 4.74 Å². The van der Waals surface area contributed by atoms with E-state index in [1.54, 1.807) is 0 Å². The Hall–Kier alpha value is -1.55. The van der Waals surface area contributed by atoms with Crippen LogP contribution in [0.4, 0.5) is 4.79 Å². The van der Waals surface area contributed by atoms with Crippen LogP contribution in [0.25, 0.3) is 0 Å². The first-order valence-electron chi connectivity index (χ1n) is 9.31. The maximum absolute atomic E-state index is 11.2. The standard InChI is InChI=1S/C20H31NO3/c1-2-3-4-5-6-7-8-17-9-11-18(12-10-17)13-14-20(15-22)16-24-19(23)21-20/h9-12,22H,2-8,13-16H2,1H3,(H,21,23)/t20-/m1/s1. The molecule has 2 rings (SSSR count). The molecule has 2 N–H and O–H groups in total. The number of hydrogen-bond acceptors (Lipinski definition) is 3. The number of unbranched alkanes of at least 4 members (excludes halogenated alkanes) is 5. The number of nitrogens with one attached hydrogen (secondary N) is 1. The van der Waals surface area contributed by atoms with E-state index in [0.717, 1.165) is 12.8 Å². The molecule has 1 fully saturated rings. The van der Waals surface area contributed by atoms with Crippen molar-refractivity contribution in [2.75, 3.05) is 13.2 Å². The zero-order valence-corrected chi connectivity index (χ0v) is 14.9. The Kier molecular flexibility index (Phi) is 7.57. The smallest absolute Gasteiger partial charge is 0.407 e. The molecule has 0 unspecified atom stereocenters. The summed E-state index contributed by atoms with van der Waals surface area (Å²) in [6.45, 7) is 2.41. The van der Waals surface area contributed by atoms with E-state index < -0.39 is 11.6 Å². The molecule has 0 bridgehead atoms. The van der Waals surface area contributed by atoms with E-state index in [1.807, 2.05) is 0 Å². The molecule has 4 nitrogen and oxygen atoms in total. The van der Waals surface area contributed by atoms with Crippen LogP contribution in [0.5, 0.6) is 0 Å². The van der Waals surface area contributed by atoms with Gasteiger partial charge in [-0.15, -0.1) is 0 Å². The molecule has 1 amide bonds. The Labute approximate surface area is 145 Å². The normalized spacial score (nSPS) is 20.0. The van der Waals surface area contributed by atoms with Crippen LogP contribution in [0.15, 0.2) is 24.3 Å². The Balaban J connectivity index is 1.71. The molecule has 4 heteroatoms. The number of benzene rings is 1. The van der Waals surface area contributed by atoms with Crippen molar-refractivity contribution in [2.45, 2.75) is 70.3 Å². The first-order valence-corrected chi connectivity index (χ1v) is 9.31. The molecule has 1 aromatic rings. The first-order chi connectivity index (χ1) is 11.7. The summed E-state index contributed by atoms with van der Waals surface area (Å²) in [5.74, 6) is 0. The molecule has 1 heterocycles. The van der Waals surface area contributed by atoms with Crippen molar-refractivity contribution in [3.05, 3.63) is 35.4 Å². The molecule has 0 aliphatic carbocycles. The van der Waals surface area contributed by atoms with E-state index in [1.165, 1.54) is 49.7 Å². The van der Waals surface area contributed by atoms with E-state index in [9.17, 15) is 9.90 Å². The monoisotopic (exact) mass is 333 g/mol. The molecule has 1 saturated heterocycles. The highest BCUT2D eigenvalue weighted by Crippen LogP contribution is 2.20. The number of alkyl carbamates (subject to hydrolysis) is 1. The van der Waals surface area contributed by atoms with Gasteiger partial charge < -0.3 is 15.2 Å². The van der Waals surface area contributed by atoms with Crippen LogP contribution >= 0.6 is 0 Å². The number of aryl methyl sites for hydroxylation is 2. The average Bonchev–Trinajstić information content (AvgIpc) is 2.99. The Morgan fingerprint density at radius 3 is 2.25 bits per heavy atom. The third kappa shape index (κ3) is 5.82. The number of rotatable bonds is 11. The largest absolute Gasteiger partial charge is 0.447 e. The van der Waals surface area contributed by atoms with Gasteiger partial charge >= 0.3 is 6.09 Å². The van der Waals surface area contributed by atoms with Gasteiger partial charge in [0.15, 0.2) is 0 Å². The maximum Gasteiger partial charge on any atom is 0.407 e. The van der Waals surface area contributed by atoms with Gasteiger partial charge in [0, 0.05) is 0 Å². The summed E-state index contributed by atoms with van der Waals surface area (Å²) >= 11 is 0. The number of cyclic esters (lactones) is 1. The highest BCUT2D eigenvalue weighted by molar-refractivity contribution is 5.70. The fraction of sp³-hybridized carbons (Fsp3) is 0.650. The van der Waals surface area contributed by atoms with Crippen molar-refractivity contribution in [1.82, 2.24) is 5.32 Å². The zero-order valence-electron chi connectivity index (χ0n) is 14.9. The second-order valence-corrected chi connectivity index (χ2v) is 6.97. The van der Waals surface area contributed by atoms with Gasteiger partial charge in [-0.3, -0.25) is 0 Å². The van der Waals surface area contributed by atoms with E-state index in [2.05, 4.69) is 36.5 Å². The highest BCUT2D eigenvalue weighted by atomic mass is 16.6. The predicted molar refractivity (Wildman–Crippen MR) is 96.1 cm³/mol. The minimum atomic E-state index is -0.617. The third-order valence-electron chi connectivity index (χ3n) is 4.88. The first kappa shape index (κ1) is 18.8. The summed E-state index contributed by atoms with van der Waals surface area (Å²) < 4.78 is 4.94. The number of amides is 1. The molecule has 134 valence electrons. The summed E-state index contributed by atoms with van der Waals surface area (Å²) in [6, 6.07) is 8.73. The lowest BCUT2D eigenvalue weighted by molar-refractivity contribution is 0.140. The molecule has 24 heavy (non-hydrogen) atoms. The van der Waals surface area contributed by atoms with Crippen molar-refractivity contribution in [3.8, 4) is 0 Å². The summed E-state index contributed by atoms with van der Waals surface area (Å²) in [7, 11) is 0. The van der Waals surface area contributed by atoms with Crippen LogP contribution in [0, 0.1) is 0 Å². The lowest BCUT2D eigenvalue weighted by Gasteiger charge is -2.23.